The fraction of sp³-hybridized carbons (Fsp3) is 0.452. The minimum absolute atomic E-state index is 0.0453. The predicted molar refractivity (Wildman–Crippen MR) is 141 cm³/mol. The molecule has 3 heterocycles. The van der Waals surface area contributed by atoms with Crippen molar-refractivity contribution in [3.8, 4) is 0 Å². The molecule has 0 unspecified atom stereocenters. The van der Waals surface area contributed by atoms with Crippen LogP contribution in [0.3, 0.4) is 0 Å². The molecule has 5 rings (SSSR count). The lowest BCUT2D eigenvalue weighted by Crippen LogP contribution is -2.46. The Morgan fingerprint density at radius 3 is 1.56 bits per heavy atom. The van der Waals surface area contributed by atoms with Crippen molar-refractivity contribution in [2.45, 2.75) is 78.4 Å². The molecule has 0 aromatic heterocycles. The predicted octanol–water partition coefficient (Wildman–Crippen LogP) is 7.60. The molecule has 4 atom stereocenters. The second kappa shape index (κ2) is 9.68. The van der Waals surface area contributed by atoms with Gasteiger partial charge >= 0.3 is 6.09 Å². The number of fused-ring (bicyclic) bond motifs is 3. The van der Waals surface area contributed by atoms with E-state index in [4.69, 9.17) is 14.2 Å². The molecule has 1 amide bonds. The van der Waals surface area contributed by atoms with Crippen molar-refractivity contribution in [3.05, 3.63) is 83.3 Å². The van der Waals surface area contributed by atoms with E-state index in [1.807, 2.05) is 32.9 Å². The lowest BCUT2D eigenvalue weighted by molar-refractivity contribution is -0.0814. The fourth-order valence-corrected chi connectivity index (χ4v) is 5.85. The van der Waals surface area contributed by atoms with Crippen LogP contribution in [0.15, 0.2) is 72.2 Å². The van der Waals surface area contributed by atoms with Gasteiger partial charge in [0, 0.05) is 24.0 Å². The Kier molecular flexibility index (Phi) is 6.59. The van der Waals surface area contributed by atoms with Crippen LogP contribution >= 0.6 is 0 Å². The number of carbonyl (C=O) groups is 1. The zero-order valence-electron chi connectivity index (χ0n) is 22.0. The molecule has 190 valence electrons. The molecule has 0 radical (unpaired) electrons. The lowest BCUT2D eigenvalue weighted by atomic mass is 9.78. The van der Waals surface area contributed by atoms with E-state index in [1.165, 1.54) is 11.1 Å². The Morgan fingerprint density at radius 1 is 0.778 bits per heavy atom. The van der Waals surface area contributed by atoms with Crippen molar-refractivity contribution in [1.29, 1.82) is 0 Å². The van der Waals surface area contributed by atoms with Gasteiger partial charge in [-0.05, 0) is 44.7 Å². The maximum Gasteiger partial charge on any atom is 0.416 e. The van der Waals surface area contributed by atoms with Crippen LogP contribution in [0, 0.1) is 11.8 Å². The molecule has 2 aromatic carbocycles. The summed E-state index contributed by atoms with van der Waals surface area (Å²) < 4.78 is 19.2. The lowest BCUT2D eigenvalue weighted by Gasteiger charge is -2.31. The number of rotatable bonds is 6. The standard InChI is InChI=1S/C31H37NO4/c1-6-14-22-24(20-16-10-8-11-17-20)26-27-25(21-18-12-9-13-19-21)23(15-7-2)35-29(27)32(28(26)34-22)30(33)36-31(3,4)5/h8-13,16-19,26-29H,6-7,14-15H2,1-5H3/t26-,27-,28-,29-/m0/s1. The molecule has 36 heavy (non-hydrogen) atoms. The number of likely N-dealkylation sites (tertiary alicyclic amines) is 1. The molecule has 0 spiro atoms. The van der Waals surface area contributed by atoms with Gasteiger partial charge in [-0.25, -0.2) is 9.69 Å². The van der Waals surface area contributed by atoms with E-state index >= 15 is 0 Å². The van der Waals surface area contributed by atoms with Crippen LogP contribution in [0.5, 0.6) is 0 Å². The average molecular weight is 488 g/mol. The molecule has 0 aliphatic carbocycles. The maximum atomic E-state index is 13.7. The monoisotopic (exact) mass is 487 g/mol. The maximum absolute atomic E-state index is 13.7. The second-order valence-electron chi connectivity index (χ2n) is 10.9. The Bertz CT molecular complexity index is 1080. The number of allylic oxidation sites excluding steroid dienone is 2. The van der Waals surface area contributed by atoms with E-state index in [1.54, 1.807) is 4.90 Å². The molecule has 3 aliphatic rings. The van der Waals surface area contributed by atoms with Gasteiger partial charge in [0.2, 0.25) is 0 Å². The summed E-state index contributed by atoms with van der Waals surface area (Å²) in [6.07, 6.45) is 2.25. The molecule has 0 saturated carbocycles. The Morgan fingerprint density at radius 2 is 1.19 bits per heavy atom. The second-order valence-corrected chi connectivity index (χ2v) is 10.9. The van der Waals surface area contributed by atoms with Crippen LogP contribution in [0.4, 0.5) is 4.79 Å². The van der Waals surface area contributed by atoms with Gasteiger partial charge in [0.15, 0.2) is 12.5 Å². The quantitative estimate of drug-likeness (QED) is 0.421. The summed E-state index contributed by atoms with van der Waals surface area (Å²) in [6.45, 7) is 10.0. The number of amides is 1. The normalized spacial score (nSPS) is 25.0. The number of hydrogen-bond donors (Lipinski definition) is 0. The zero-order chi connectivity index (χ0) is 25.4. The van der Waals surface area contributed by atoms with Crippen molar-refractivity contribution >= 4 is 17.2 Å². The van der Waals surface area contributed by atoms with Crippen LogP contribution in [0.2, 0.25) is 0 Å². The summed E-state index contributed by atoms with van der Waals surface area (Å²) >= 11 is 0. The highest BCUT2D eigenvalue weighted by Crippen LogP contribution is 2.59. The van der Waals surface area contributed by atoms with Crippen molar-refractivity contribution in [2.75, 3.05) is 0 Å². The van der Waals surface area contributed by atoms with Crippen LogP contribution in [0.25, 0.3) is 11.1 Å². The Labute approximate surface area is 214 Å². The summed E-state index contributed by atoms with van der Waals surface area (Å²) in [5.41, 5.74) is 4.06. The van der Waals surface area contributed by atoms with E-state index in [2.05, 4.69) is 62.4 Å². The number of hydrogen-bond acceptors (Lipinski definition) is 4. The molecule has 5 heteroatoms. The highest BCUT2D eigenvalue weighted by molar-refractivity contribution is 5.82. The van der Waals surface area contributed by atoms with E-state index in [0.717, 1.165) is 48.3 Å². The summed E-state index contributed by atoms with van der Waals surface area (Å²) in [6, 6.07) is 20.9. The molecule has 0 bridgehead atoms. The minimum Gasteiger partial charge on any atom is -0.474 e. The van der Waals surface area contributed by atoms with Gasteiger partial charge in [0.25, 0.3) is 0 Å². The number of ether oxygens (including phenoxy) is 3. The Hall–Kier alpha value is -3.21. The highest BCUT2D eigenvalue weighted by Gasteiger charge is 2.63. The molecule has 3 aliphatic heterocycles. The van der Waals surface area contributed by atoms with Gasteiger partial charge in [0.1, 0.15) is 17.1 Å². The average Bonchev–Trinajstić information content (AvgIpc) is 3.46. The first kappa shape index (κ1) is 24.5. The highest BCUT2D eigenvalue weighted by atomic mass is 16.6. The fourth-order valence-electron chi connectivity index (χ4n) is 5.85. The molecule has 2 aromatic rings. The third-order valence-corrected chi connectivity index (χ3v) is 7.07. The number of benzene rings is 2. The van der Waals surface area contributed by atoms with Gasteiger partial charge in [-0.15, -0.1) is 0 Å². The number of carbonyl (C=O) groups excluding carboxylic acids is 1. The summed E-state index contributed by atoms with van der Waals surface area (Å²) in [7, 11) is 0. The topological polar surface area (TPSA) is 48.0 Å². The first-order chi connectivity index (χ1) is 17.3. The van der Waals surface area contributed by atoms with Crippen molar-refractivity contribution in [3.63, 3.8) is 0 Å². The van der Waals surface area contributed by atoms with Crippen LogP contribution in [-0.2, 0) is 14.2 Å². The van der Waals surface area contributed by atoms with Crippen molar-refractivity contribution in [1.82, 2.24) is 4.90 Å². The van der Waals surface area contributed by atoms with Crippen LogP contribution in [-0.4, -0.2) is 29.1 Å². The zero-order valence-corrected chi connectivity index (χ0v) is 22.0. The van der Waals surface area contributed by atoms with Crippen molar-refractivity contribution < 1.29 is 19.0 Å². The van der Waals surface area contributed by atoms with Gasteiger partial charge < -0.3 is 14.2 Å². The van der Waals surface area contributed by atoms with Crippen LogP contribution in [0.1, 0.15) is 71.4 Å². The third kappa shape index (κ3) is 4.29. The first-order valence-electron chi connectivity index (χ1n) is 13.3. The minimum atomic E-state index is -0.619. The van der Waals surface area contributed by atoms with Gasteiger partial charge in [-0.2, -0.15) is 0 Å². The smallest absolute Gasteiger partial charge is 0.416 e. The first-order valence-corrected chi connectivity index (χ1v) is 13.3. The SMILES string of the molecule is CCCC1=C(c2ccccc2)[C@H]2[C@@H]3C(c4ccccc4)=C(CCC)O[C@@H]3N(C(=O)OC(C)(C)C)[C@H]2O1. The molecule has 0 N–H and O–H groups in total. The van der Waals surface area contributed by atoms with Gasteiger partial charge in [0.05, 0.1) is 11.8 Å². The molecule has 1 saturated heterocycles. The molecular weight excluding hydrogens is 450 g/mol. The van der Waals surface area contributed by atoms with E-state index in [0.29, 0.717) is 0 Å². The molecule has 1 fully saturated rings. The third-order valence-electron chi connectivity index (χ3n) is 7.07. The molecule has 5 nitrogen and oxygen atoms in total. The van der Waals surface area contributed by atoms with E-state index in [9.17, 15) is 4.79 Å². The number of nitrogens with zero attached hydrogens (tertiary/aromatic N) is 1. The largest absolute Gasteiger partial charge is 0.474 e. The van der Waals surface area contributed by atoms with Gasteiger partial charge in [-0.3, -0.25) is 0 Å². The summed E-state index contributed by atoms with van der Waals surface area (Å²) in [5, 5.41) is 0. The van der Waals surface area contributed by atoms with Gasteiger partial charge in [-0.1, -0.05) is 74.5 Å². The Balaban J connectivity index is 1.67. The molecular formula is C31H37NO4. The summed E-state index contributed by atoms with van der Waals surface area (Å²) in [4.78, 5) is 15.4. The van der Waals surface area contributed by atoms with Crippen molar-refractivity contribution in [2.24, 2.45) is 11.8 Å². The van der Waals surface area contributed by atoms with Crippen LogP contribution < -0.4 is 0 Å². The van der Waals surface area contributed by atoms with E-state index < -0.39 is 18.1 Å². The summed E-state index contributed by atoms with van der Waals surface area (Å²) in [5.74, 6) is 1.86. The van der Waals surface area contributed by atoms with E-state index in [-0.39, 0.29) is 17.9 Å².